The molecule has 8 heteroatoms. The molecule has 6 nitrogen and oxygen atoms in total. The van der Waals surface area contributed by atoms with Crippen molar-refractivity contribution in [1.29, 1.82) is 0 Å². The number of nitrogens with one attached hydrogen (secondary N) is 1. The van der Waals surface area contributed by atoms with Gasteiger partial charge in [-0.3, -0.25) is 9.59 Å². The van der Waals surface area contributed by atoms with Crippen molar-refractivity contribution < 1.29 is 14.0 Å². The maximum absolute atomic E-state index is 12.6. The Balaban J connectivity index is 1.80. The fraction of sp³-hybridized carbons (Fsp3) is 0.118. The van der Waals surface area contributed by atoms with Crippen molar-refractivity contribution in [3.8, 4) is 10.8 Å². The Bertz CT molecular complexity index is 904. The lowest BCUT2D eigenvalue weighted by atomic mass is 10.3. The number of primary amides is 1. The molecule has 0 fully saturated rings. The number of aromatic nitrogens is 1. The number of hydrogen-bond donors (Lipinski definition) is 2. The molecule has 2 heterocycles. The topological polar surface area (TPSA) is 98.2 Å². The number of aryl methyl sites for hydroxylation is 1. The molecule has 2 aromatic heterocycles. The van der Waals surface area contributed by atoms with Gasteiger partial charge >= 0.3 is 0 Å². The first-order valence-electron chi connectivity index (χ1n) is 7.37. The molecule has 3 N–H and O–H groups in total. The van der Waals surface area contributed by atoms with E-state index in [4.69, 9.17) is 10.2 Å². The van der Waals surface area contributed by atoms with Crippen LogP contribution in [0.2, 0.25) is 0 Å². The average molecular weight is 373 g/mol. The number of benzene rings is 1. The van der Waals surface area contributed by atoms with Crippen molar-refractivity contribution in [1.82, 2.24) is 4.98 Å². The van der Waals surface area contributed by atoms with Crippen molar-refractivity contribution >= 4 is 40.6 Å². The number of thiazole rings is 1. The molecule has 0 bridgehead atoms. The summed E-state index contributed by atoms with van der Waals surface area (Å²) in [4.78, 5) is 29.5. The van der Waals surface area contributed by atoms with Gasteiger partial charge in [0.1, 0.15) is 5.69 Å². The number of rotatable bonds is 6. The van der Waals surface area contributed by atoms with Gasteiger partial charge in [0.15, 0.2) is 10.8 Å². The summed E-state index contributed by atoms with van der Waals surface area (Å²) in [5.41, 5.74) is 6.16. The largest absolute Gasteiger partial charge is 0.462 e. The molecule has 0 aliphatic rings. The fourth-order valence-corrected chi connectivity index (χ4v) is 3.76. The normalized spacial score (nSPS) is 10.6. The van der Waals surface area contributed by atoms with E-state index in [-0.39, 0.29) is 11.7 Å². The molecular weight excluding hydrogens is 358 g/mol. The van der Waals surface area contributed by atoms with Crippen LogP contribution in [0, 0.1) is 6.92 Å². The summed E-state index contributed by atoms with van der Waals surface area (Å²) in [5.74, 6) is 0.0541. The van der Waals surface area contributed by atoms with Crippen LogP contribution in [0.5, 0.6) is 0 Å². The Morgan fingerprint density at radius 2 is 2.08 bits per heavy atom. The molecule has 25 heavy (non-hydrogen) atoms. The van der Waals surface area contributed by atoms with Gasteiger partial charge in [-0.15, -0.1) is 23.1 Å². The molecule has 0 aliphatic heterocycles. The lowest BCUT2D eigenvalue weighted by Crippen LogP contribution is -2.15. The highest BCUT2D eigenvalue weighted by molar-refractivity contribution is 8.00. The van der Waals surface area contributed by atoms with E-state index in [1.807, 2.05) is 25.1 Å². The van der Waals surface area contributed by atoms with E-state index in [1.54, 1.807) is 24.5 Å². The van der Waals surface area contributed by atoms with Crippen LogP contribution in [0.25, 0.3) is 10.8 Å². The maximum Gasteiger partial charge on any atom is 0.275 e. The summed E-state index contributed by atoms with van der Waals surface area (Å²) in [6.45, 7) is 1.84. The Kier molecular flexibility index (Phi) is 5.20. The Labute approximate surface area is 152 Å². The zero-order valence-electron chi connectivity index (χ0n) is 13.3. The number of anilines is 1. The van der Waals surface area contributed by atoms with Gasteiger partial charge in [-0.1, -0.05) is 12.1 Å². The smallest absolute Gasteiger partial charge is 0.275 e. The van der Waals surface area contributed by atoms with Crippen LogP contribution in [0.3, 0.4) is 0 Å². The molecule has 3 rings (SSSR count). The van der Waals surface area contributed by atoms with Gasteiger partial charge in [0.2, 0.25) is 5.91 Å². The van der Waals surface area contributed by atoms with Crippen molar-refractivity contribution in [2.75, 3.05) is 11.1 Å². The van der Waals surface area contributed by atoms with Crippen LogP contribution in [0.15, 0.2) is 52.0 Å². The van der Waals surface area contributed by atoms with Gasteiger partial charge in [0.25, 0.3) is 5.91 Å². The molecule has 128 valence electrons. The zero-order valence-corrected chi connectivity index (χ0v) is 14.9. The van der Waals surface area contributed by atoms with Gasteiger partial charge in [-0.25, -0.2) is 4.98 Å². The van der Waals surface area contributed by atoms with E-state index < -0.39 is 5.91 Å². The van der Waals surface area contributed by atoms with E-state index in [2.05, 4.69) is 10.3 Å². The number of nitrogens with two attached hydrogens (primary N) is 1. The maximum atomic E-state index is 12.6. The van der Waals surface area contributed by atoms with E-state index in [1.165, 1.54) is 23.1 Å². The predicted molar refractivity (Wildman–Crippen MR) is 98.9 cm³/mol. The Morgan fingerprint density at radius 3 is 2.80 bits per heavy atom. The minimum absolute atomic E-state index is 0.144. The van der Waals surface area contributed by atoms with E-state index in [9.17, 15) is 9.59 Å². The number of hydrogen-bond acceptors (Lipinski definition) is 6. The second-order valence-electron chi connectivity index (χ2n) is 5.11. The molecule has 0 spiro atoms. The molecule has 2 amide bonds. The first-order chi connectivity index (χ1) is 12.0. The van der Waals surface area contributed by atoms with Crippen LogP contribution in [0.1, 0.15) is 15.4 Å². The van der Waals surface area contributed by atoms with Crippen LogP contribution >= 0.6 is 23.1 Å². The second-order valence-corrected chi connectivity index (χ2v) is 7.33. The van der Waals surface area contributed by atoms with Gasteiger partial charge in [0.05, 0.1) is 17.7 Å². The minimum atomic E-state index is -0.412. The second kappa shape index (κ2) is 7.54. The van der Waals surface area contributed by atoms with Gasteiger partial charge < -0.3 is 15.5 Å². The van der Waals surface area contributed by atoms with Gasteiger partial charge in [0, 0.05) is 9.77 Å². The van der Waals surface area contributed by atoms with Crippen molar-refractivity contribution in [2.24, 2.45) is 5.73 Å². The third-order valence-electron chi connectivity index (χ3n) is 3.25. The summed E-state index contributed by atoms with van der Waals surface area (Å²) < 4.78 is 5.33. The first-order valence-corrected chi connectivity index (χ1v) is 9.17. The van der Waals surface area contributed by atoms with Crippen LogP contribution in [-0.4, -0.2) is 22.6 Å². The summed E-state index contributed by atoms with van der Waals surface area (Å²) in [7, 11) is 0. The zero-order chi connectivity index (χ0) is 17.8. The fourth-order valence-electron chi connectivity index (χ4n) is 2.14. The SMILES string of the molecule is Cc1sc(-c2ccco2)nc1C(=O)Nc1ccccc1SCC(N)=O. The molecule has 0 saturated heterocycles. The summed E-state index contributed by atoms with van der Waals surface area (Å²) in [6.07, 6.45) is 1.57. The molecule has 0 aliphatic carbocycles. The van der Waals surface area contributed by atoms with E-state index >= 15 is 0 Å². The molecule has 0 atom stereocenters. The average Bonchev–Trinajstić information content (AvgIpc) is 3.23. The quantitative estimate of drug-likeness (QED) is 0.644. The minimum Gasteiger partial charge on any atom is -0.462 e. The monoisotopic (exact) mass is 373 g/mol. The lowest BCUT2D eigenvalue weighted by Gasteiger charge is -2.09. The summed E-state index contributed by atoms with van der Waals surface area (Å²) in [6, 6.07) is 10.8. The highest BCUT2D eigenvalue weighted by atomic mass is 32.2. The third-order valence-corrected chi connectivity index (χ3v) is 5.33. The van der Waals surface area contributed by atoms with Crippen molar-refractivity contribution in [3.63, 3.8) is 0 Å². The van der Waals surface area contributed by atoms with Gasteiger partial charge in [-0.2, -0.15) is 0 Å². The number of carbonyl (C=O) groups excluding carboxylic acids is 2. The molecule has 1 aromatic carbocycles. The Morgan fingerprint density at radius 1 is 1.28 bits per heavy atom. The van der Waals surface area contributed by atoms with Crippen LogP contribution in [0.4, 0.5) is 5.69 Å². The predicted octanol–water partition coefficient (Wildman–Crippen LogP) is 3.54. The number of nitrogens with zero attached hydrogens (tertiary/aromatic N) is 1. The number of furan rings is 1. The van der Waals surface area contributed by atoms with Crippen LogP contribution in [-0.2, 0) is 4.79 Å². The van der Waals surface area contributed by atoms with Crippen molar-refractivity contribution in [2.45, 2.75) is 11.8 Å². The number of para-hydroxylation sites is 1. The highest BCUT2D eigenvalue weighted by Crippen LogP contribution is 2.30. The third kappa shape index (κ3) is 4.09. The Hall–Kier alpha value is -2.58. The molecular formula is C17H15N3O3S2. The standard InChI is InChI=1S/C17H15N3O3S2/c1-10-15(20-17(25-10)12-6-4-8-23-12)16(22)19-11-5-2-3-7-13(11)24-9-14(18)21/h2-8H,9H2,1H3,(H2,18,21)(H,19,22). The molecule has 0 radical (unpaired) electrons. The lowest BCUT2D eigenvalue weighted by molar-refractivity contribution is -0.115. The van der Waals surface area contributed by atoms with E-state index in [0.29, 0.717) is 22.1 Å². The summed E-state index contributed by atoms with van der Waals surface area (Å²) >= 11 is 2.67. The molecule has 0 unspecified atom stereocenters. The number of amides is 2. The highest BCUT2D eigenvalue weighted by Gasteiger charge is 2.18. The molecule has 0 saturated carbocycles. The number of thioether (sulfide) groups is 1. The molecule has 3 aromatic rings. The van der Waals surface area contributed by atoms with E-state index in [0.717, 1.165) is 9.77 Å². The number of carbonyl (C=O) groups is 2. The first kappa shape index (κ1) is 17.2. The van der Waals surface area contributed by atoms with Crippen molar-refractivity contribution in [3.05, 3.63) is 53.2 Å². The summed E-state index contributed by atoms with van der Waals surface area (Å²) in [5, 5.41) is 3.51. The van der Waals surface area contributed by atoms with Crippen LogP contribution < -0.4 is 11.1 Å². The van der Waals surface area contributed by atoms with Gasteiger partial charge in [-0.05, 0) is 31.2 Å².